The van der Waals surface area contributed by atoms with E-state index in [0.29, 0.717) is 11.1 Å². The van der Waals surface area contributed by atoms with E-state index in [9.17, 15) is 14.4 Å². The summed E-state index contributed by atoms with van der Waals surface area (Å²) in [6.07, 6.45) is 3.08. The van der Waals surface area contributed by atoms with Crippen molar-refractivity contribution in [2.24, 2.45) is 0 Å². The number of imide groups is 1. The van der Waals surface area contributed by atoms with Crippen LogP contribution in [0.25, 0.3) is 11.0 Å². The molecule has 1 aliphatic carbocycles. The normalized spacial score (nSPS) is 19.0. The maximum atomic E-state index is 12.4. The first-order chi connectivity index (χ1) is 11.3. The Morgan fingerprint density at radius 3 is 2.50 bits per heavy atom. The smallest absolute Gasteiger partial charge is 0.336 e. The van der Waals surface area contributed by atoms with Crippen molar-refractivity contribution >= 4 is 22.9 Å². The van der Waals surface area contributed by atoms with E-state index < -0.39 is 17.2 Å². The summed E-state index contributed by atoms with van der Waals surface area (Å²) in [5.74, 6) is -0.296. The second-order valence-electron chi connectivity index (χ2n) is 7.01. The number of nitrogens with zero attached hydrogens (tertiary/aromatic N) is 1. The molecule has 1 saturated heterocycles. The summed E-state index contributed by atoms with van der Waals surface area (Å²) in [4.78, 5) is 37.5. The number of aryl methyl sites for hydroxylation is 2. The van der Waals surface area contributed by atoms with Crippen LogP contribution in [-0.2, 0) is 24.2 Å². The van der Waals surface area contributed by atoms with Gasteiger partial charge in [0.15, 0.2) is 0 Å². The zero-order chi connectivity index (χ0) is 17.1. The van der Waals surface area contributed by atoms with Crippen LogP contribution < -0.4 is 10.9 Å². The van der Waals surface area contributed by atoms with Crippen molar-refractivity contribution in [3.05, 3.63) is 45.3 Å². The molecule has 0 atom stereocenters. The molecule has 6 nitrogen and oxygen atoms in total. The minimum absolute atomic E-state index is 0.0645. The SMILES string of the molecule is CC1(C)NC(=O)N(Cc2cc(=O)oc3cc4c(cc23)CCC4)C1=O. The number of benzene rings is 1. The Labute approximate surface area is 138 Å². The van der Waals surface area contributed by atoms with E-state index in [4.69, 9.17) is 4.42 Å². The Morgan fingerprint density at radius 2 is 1.83 bits per heavy atom. The third kappa shape index (κ3) is 2.21. The van der Waals surface area contributed by atoms with Gasteiger partial charge in [0.2, 0.25) is 0 Å². The standard InChI is InChI=1S/C18H18N2O4/c1-18(2)16(22)20(17(23)19-18)9-12-8-15(21)24-14-7-11-5-3-4-10(11)6-13(12)14/h6-8H,3-5,9H2,1-2H3,(H,19,23). The van der Waals surface area contributed by atoms with E-state index in [1.165, 1.54) is 17.2 Å². The lowest BCUT2D eigenvalue weighted by Crippen LogP contribution is -2.40. The fourth-order valence-electron chi connectivity index (χ4n) is 3.56. The fourth-order valence-corrected chi connectivity index (χ4v) is 3.56. The molecule has 24 heavy (non-hydrogen) atoms. The highest BCUT2D eigenvalue weighted by molar-refractivity contribution is 6.06. The highest BCUT2D eigenvalue weighted by Crippen LogP contribution is 2.29. The monoisotopic (exact) mass is 326 g/mol. The van der Waals surface area contributed by atoms with Gasteiger partial charge in [-0.05, 0) is 61.9 Å². The highest BCUT2D eigenvalue weighted by atomic mass is 16.4. The predicted octanol–water partition coefficient (Wildman–Crippen LogP) is 2.11. The first-order valence-electron chi connectivity index (χ1n) is 8.08. The van der Waals surface area contributed by atoms with Crippen molar-refractivity contribution in [2.75, 3.05) is 0 Å². The van der Waals surface area contributed by atoms with E-state index in [1.807, 2.05) is 12.1 Å². The van der Waals surface area contributed by atoms with Crippen LogP contribution in [0.2, 0.25) is 0 Å². The number of urea groups is 1. The Kier molecular flexibility index (Phi) is 3.07. The lowest BCUT2D eigenvalue weighted by atomic mass is 10.0. The van der Waals surface area contributed by atoms with Crippen molar-refractivity contribution in [1.82, 2.24) is 10.2 Å². The number of hydrogen-bond donors (Lipinski definition) is 1. The molecular formula is C18H18N2O4. The summed E-state index contributed by atoms with van der Waals surface area (Å²) in [7, 11) is 0. The molecular weight excluding hydrogens is 308 g/mol. The van der Waals surface area contributed by atoms with E-state index in [-0.39, 0.29) is 12.5 Å². The maximum absolute atomic E-state index is 12.4. The van der Waals surface area contributed by atoms with E-state index in [2.05, 4.69) is 5.32 Å². The van der Waals surface area contributed by atoms with Crippen molar-refractivity contribution in [3.63, 3.8) is 0 Å². The number of carbonyl (C=O) groups is 2. The van der Waals surface area contributed by atoms with Gasteiger partial charge in [-0.1, -0.05) is 0 Å². The second-order valence-corrected chi connectivity index (χ2v) is 7.01. The third-order valence-corrected chi connectivity index (χ3v) is 4.82. The van der Waals surface area contributed by atoms with Crippen LogP contribution >= 0.6 is 0 Å². The fraction of sp³-hybridized carbons (Fsp3) is 0.389. The van der Waals surface area contributed by atoms with Crippen LogP contribution in [0.15, 0.2) is 27.4 Å². The summed E-state index contributed by atoms with van der Waals surface area (Å²) in [5, 5.41) is 3.45. The number of amides is 3. The zero-order valence-electron chi connectivity index (χ0n) is 13.6. The summed E-state index contributed by atoms with van der Waals surface area (Å²) >= 11 is 0. The largest absolute Gasteiger partial charge is 0.423 e. The van der Waals surface area contributed by atoms with Gasteiger partial charge in [-0.3, -0.25) is 9.69 Å². The summed E-state index contributed by atoms with van der Waals surface area (Å²) in [5.41, 5.74) is 2.21. The van der Waals surface area contributed by atoms with Gasteiger partial charge in [-0.15, -0.1) is 0 Å². The molecule has 1 aromatic heterocycles. The molecule has 0 saturated carbocycles. The first kappa shape index (κ1) is 14.9. The minimum atomic E-state index is -0.923. The molecule has 6 heteroatoms. The molecule has 124 valence electrons. The predicted molar refractivity (Wildman–Crippen MR) is 87.7 cm³/mol. The summed E-state index contributed by atoms with van der Waals surface area (Å²) < 4.78 is 5.33. The van der Waals surface area contributed by atoms with Crippen LogP contribution in [0.5, 0.6) is 0 Å². The lowest BCUT2D eigenvalue weighted by molar-refractivity contribution is -0.130. The molecule has 2 heterocycles. The van der Waals surface area contributed by atoms with Gasteiger partial charge in [0.25, 0.3) is 5.91 Å². The molecule has 0 radical (unpaired) electrons. The highest BCUT2D eigenvalue weighted by Gasteiger charge is 2.44. The molecule has 0 bridgehead atoms. The number of carbonyl (C=O) groups excluding carboxylic acids is 2. The van der Waals surface area contributed by atoms with E-state index in [0.717, 1.165) is 29.5 Å². The Bertz CT molecular complexity index is 942. The van der Waals surface area contributed by atoms with Gasteiger partial charge < -0.3 is 9.73 Å². The van der Waals surface area contributed by atoms with Crippen molar-refractivity contribution in [3.8, 4) is 0 Å². The summed E-state index contributed by atoms with van der Waals surface area (Å²) in [6.45, 7) is 3.39. The lowest BCUT2D eigenvalue weighted by Gasteiger charge is -2.17. The van der Waals surface area contributed by atoms with Gasteiger partial charge in [0.05, 0.1) is 6.54 Å². The van der Waals surface area contributed by atoms with Crippen LogP contribution in [0.3, 0.4) is 0 Å². The topological polar surface area (TPSA) is 79.6 Å². The zero-order valence-corrected chi connectivity index (χ0v) is 13.6. The second kappa shape index (κ2) is 4.93. The first-order valence-corrected chi connectivity index (χ1v) is 8.08. The van der Waals surface area contributed by atoms with Crippen molar-refractivity contribution in [1.29, 1.82) is 0 Å². The molecule has 0 unspecified atom stereocenters. The van der Waals surface area contributed by atoms with E-state index in [1.54, 1.807) is 13.8 Å². The Balaban J connectivity index is 1.81. The van der Waals surface area contributed by atoms with Gasteiger partial charge in [0.1, 0.15) is 11.1 Å². The molecule has 4 rings (SSSR count). The van der Waals surface area contributed by atoms with Gasteiger partial charge >= 0.3 is 11.7 Å². The van der Waals surface area contributed by atoms with Gasteiger partial charge in [-0.25, -0.2) is 9.59 Å². The number of nitrogens with one attached hydrogen (secondary N) is 1. The van der Waals surface area contributed by atoms with Crippen LogP contribution in [0.4, 0.5) is 4.79 Å². The Morgan fingerprint density at radius 1 is 1.12 bits per heavy atom. The number of fused-ring (bicyclic) bond motifs is 2. The molecule has 1 fully saturated rings. The van der Waals surface area contributed by atoms with Gasteiger partial charge in [0, 0.05) is 11.5 Å². The Hall–Kier alpha value is -2.63. The average Bonchev–Trinajstić information content (AvgIpc) is 3.02. The number of hydrogen-bond acceptors (Lipinski definition) is 4. The molecule has 1 aliphatic heterocycles. The third-order valence-electron chi connectivity index (χ3n) is 4.82. The molecule has 2 aliphatic rings. The molecule has 0 spiro atoms. The van der Waals surface area contributed by atoms with Crippen LogP contribution in [-0.4, -0.2) is 22.4 Å². The van der Waals surface area contributed by atoms with Crippen molar-refractivity contribution < 1.29 is 14.0 Å². The molecule has 2 aromatic rings. The maximum Gasteiger partial charge on any atom is 0.336 e. The molecule has 1 aromatic carbocycles. The summed E-state index contributed by atoms with van der Waals surface area (Å²) in [6, 6.07) is 4.88. The van der Waals surface area contributed by atoms with Crippen LogP contribution in [0, 0.1) is 0 Å². The average molecular weight is 326 g/mol. The number of rotatable bonds is 2. The molecule has 3 amide bonds. The minimum Gasteiger partial charge on any atom is -0.423 e. The molecule has 1 N–H and O–H groups in total. The van der Waals surface area contributed by atoms with Gasteiger partial charge in [-0.2, -0.15) is 0 Å². The van der Waals surface area contributed by atoms with Crippen molar-refractivity contribution in [2.45, 2.75) is 45.2 Å². The quantitative estimate of drug-likeness (QED) is 0.677. The van der Waals surface area contributed by atoms with E-state index >= 15 is 0 Å². The van der Waals surface area contributed by atoms with Crippen LogP contribution in [0.1, 0.15) is 37.0 Å².